The fraction of sp³-hybridized carbons (Fsp3) is 0.385. The Morgan fingerprint density at radius 2 is 2.00 bits per heavy atom. The highest BCUT2D eigenvalue weighted by Crippen LogP contribution is 2.33. The van der Waals surface area contributed by atoms with Crippen molar-refractivity contribution >= 4 is 17.5 Å². The maximum absolute atomic E-state index is 12.4. The molecule has 5 nitrogen and oxygen atoms in total. The standard InChI is InChI=1S/C13H13F3N2O3/c1-2-8-12(20)18(7-11(19)17-8)9-5-3-4-6-10(9)21-13(14,15)16/h3-6,8H,2,7H2,1H3,(H,17,19). The summed E-state index contributed by atoms with van der Waals surface area (Å²) in [6.07, 6.45) is -4.52. The zero-order valence-electron chi connectivity index (χ0n) is 11.1. The van der Waals surface area contributed by atoms with E-state index < -0.39 is 30.0 Å². The summed E-state index contributed by atoms with van der Waals surface area (Å²) in [5.74, 6) is -1.40. The van der Waals surface area contributed by atoms with Gasteiger partial charge < -0.3 is 10.1 Å². The number of nitrogens with zero attached hydrogens (tertiary/aromatic N) is 1. The van der Waals surface area contributed by atoms with Gasteiger partial charge in [0, 0.05) is 0 Å². The van der Waals surface area contributed by atoms with Crippen molar-refractivity contribution in [3.63, 3.8) is 0 Å². The van der Waals surface area contributed by atoms with Crippen LogP contribution in [0.15, 0.2) is 24.3 Å². The molecule has 1 heterocycles. The number of anilines is 1. The van der Waals surface area contributed by atoms with Gasteiger partial charge in [-0.3, -0.25) is 14.5 Å². The zero-order valence-corrected chi connectivity index (χ0v) is 11.1. The first-order chi connectivity index (χ1) is 9.81. The number of ether oxygens (including phenoxy) is 1. The lowest BCUT2D eigenvalue weighted by Crippen LogP contribution is -2.58. The number of halogens is 3. The van der Waals surface area contributed by atoms with Gasteiger partial charge in [-0.05, 0) is 18.6 Å². The largest absolute Gasteiger partial charge is 0.573 e. The van der Waals surface area contributed by atoms with E-state index in [-0.39, 0.29) is 12.2 Å². The molecule has 1 atom stereocenters. The summed E-state index contributed by atoms with van der Waals surface area (Å²) in [5, 5.41) is 2.49. The normalized spacial score (nSPS) is 19.4. The summed E-state index contributed by atoms with van der Waals surface area (Å²) >= 11 is 0. The minimum Gasteiger partial charge on any atom is -0.404 e. The van der Waals surface area contributed by atoms with Gasteiger partial charge in [0.25, 0.3) is 0 Å². The Morgan fingerprint density at radius 1 is 1.33 bits per heavy atom. The Hall–Kier alpha value is -2.25. The molecule has 0 saturated carbocycles. The summed E-state index contributed by atoms with van der Waals surface area (Å²) in [4.78, 5) is 24.8. The van der Waals surface area contributed by atoms with E-state index in [0.717, 1.165) is 11.0 Å². The minimum atomic E-state index is -4.87. The first-order valence-electron chi connectivity index (χ1n) is 6.27. The first-order valence-corrected chi connectivity index (χ1v) is 6.27. The predicted molar refractivity (Wildman–Crippen MR) is 67.7 cm³/mol. The second-order valence-electron chi connectivity index (χ2n) is 4.47. The van der Waals surface area contributed by atoms with Gasteiger partial charge >= 0.3 is 6.36 Å². The van der Waals surface area contributed by atoms with E-state index in [9.17, 15) is 22.8 Å². The molecular formula is C13H13F3N2O3. The van der Waals surface area contributed by atoms with Gasteiger partial charge in [0.05, 0.1) is 5.69 Å². The Kier molecular flexibility index (Phi) is 4.06. The van der Waals surface area contributed by atoms with Gasteiger partial charge in [-0.1, -0.05) is 19.1 Å². The van der Waals surface area contributed by atoms with Gasteiger partial charge in [0.1, 0.15) is 12.6 Å². The van der Waals surface area contributed by atoms with E-state index in [1.54, 1.807) is 6.92 Å². The van der Waals surface area contributed by atoms with E-state index in [0.29, 0.717) is 6.42 Å². The van der Waals surface area contributed by atoms with Gasteiger partial charge in [-0.15, -0.1) is 13.2 Å². The maximum atomic E-state index is 12.4. The van der Waals surface area contributed by atoms with Crippen molar-refractivity contribution in [2.45, 2.75) is 25.7 Å². The third-order valence-corrected chi connectivity index (χ3v) is 2.99. The van der Waals surface area contributed by atoms with E-state index in [1.165, 1.54) is 18.2 Å². The monoisotopic (exact) mass is 302 g/mol. The Labute approximate surface area is 118 Å². The van der Waals surface area contributed by atoms with Gasteiger partial charge in [0.15, 0.2) is 5.75 Å². The molecule has 114 valence electrons. The molecule has 1 fully saturated rings. The highest BCUT2D eigenvalue weighted by Gasteiger charge is 2.36. The number of amides is 2. The average molecular weight is 302 g/mol. The van der Waals surface area contributed by atoms with E-state index in [4.69, 9.17) is 0 Å². The third-order valence-electron chi connectivity index (χ3n) is 2.99. The molecule has 8 heteroatoms. The number of benzene rings is 1. The molecule has 0 spiro atoms. The van der Waals surface area contributed by atoms with E-state index in [1.807, 2.05) is 0 Å². The van der Waals surface area contributed by atoms with Crippen LogP contribution in [-0.4, -0.2) is 30.8 Å². The fourth-order valence-electron chi connectivity index (χ4n) is 2.08. The van der Waals surface area contributed by atoms with Crippen molar-refractivity contribution in [3.8, 4) is 5.75 Å². The van der Waals surface area contributed by atoms with Crippen molar-refractivity contribution in [1.82, 2.24) is 5.32 Å². The number of carbonyl (C=O) groups excluding carboxylic acids is 2. The topological polar surface area (TPSA) is 58.6 Å². The van der Waals surface area contributed by atoms with Crippen LogP contribution in [0.2, 0.25) is 0 Å². The molecule has 2 rings (SSSR count). The van der Waals surface area contributed by atoms with E-state index in [2.05, 4.69) is 10.1 Å². The number of hydrogen-bond donors (Lipinski definition) is 1. The van der Waals surface area contributed by atoms with Crippen molar-refractivity contribution < 1.29 is 27.5 Å². The summed E-state index contributed by atoms with van der Waals surface area (Å²) < 4.78 is 41.1. The van der Waals surface area contributed by atoms with Gasteiger partial charge in [-0.25, -0.2) is 0 Å². The molecule has 0 radical (unpaired) electrons. The quantitative estimate of drug-likeness (QED) is 0.926. The van der Waals surface area contributed by atoms with Gasteiger partial charge in [0.2, 0.25) is 11.8 Å². The number of rotatable bonds is 3. The van der Waals surface area contributed by atoms with Crippen molar-refractivity contribution in [2.24, 2.45) is 0 Å². The highest BCUT2D eigenvalue weighted by molar-refractivity contribution is 6.07. The third kappa shape index (κ3) is 3.45. The molecule has 1 aliphatic rings. The average Bonchev–Trinajstić information content (AvgIpc) is 2.40. The molecule has 1 aromatic rings. The summed E-state index contributed by atoms with van der Waals surface area (Å²) in [7, 11) is 0. The summed E-state index contributed by atoms with van der Waals surface area (Å²) in [6, 6.07) is 4.49. The van der Waals surface area contributed by atoms with Crippen molar-refractivity contribution in [2.75, 3.05) is 11.4 Å². The Balaban J connectivity index is 2.36. The molecule has 2 amide bonds. The van der Waals surface area contributed by atoms with Crippen LogP contribution >= 0.6 is 0 Å². The molecule has 1 N–H and O–H groups in total. The number of hydrogen-bond acceptors (Lipinski definition) is 3. The lowest BCUT2D eigenvalue weighted by atomic mass is 10.1. The van der Waals surface area contributed by atoms with Crippen LogP contribution in [0.3, 0.4) is 0 Å². The molecule has 0 aliphatic carbocycles. The number of nitrogens with one attached hydrogen (secondary N) is 1. The van der Waals surface area contributed by atoms with Crippen molar-refractivity contribution in [1.29, 1.82) is 0 Å². The second kappa shape index (κ2) is 5.63. The van der Waals surface area contributed by atoms with Gasteiger partial charge in [-0.2, -0.15) is 0 Å². The smallest absolute Gasteiger partial charge is 0.404 e. The fourth-order valence-corrected chi connectivity index (χ4v) is 2.08. The van der Waals surface area contributed by atoms with Crippen LogP contribution < -0.4 is 15.0 Å². The summed E-state index contributed by atoms with van der Waals surface area (Å²) in [6.45, 7) is 1.36. The van der Waals surface area contributed by atoms with Crippen LogP contribution in [0.1, 0.15) is 13.3 Å². The van der Waals surface area contributed by atoms with Crippen LogP contribution in [0.25, 0.3) is 0 Å². The lowest BCUT2D eigenvalue weighted by Gasteiger charge is -2.32. The predicted octanol–water partition coefficient (Wildman–Crippen LogP) is 1.83. The molecule has 1 unspecified atom stereocenters. The lowest BCUT2D eigenvalue weighted by molar-refractivity contribution is -0.274. The second-order valence-corrected chi connectivity index (χ2v) is 4.47. The molecular weight excluding hydrogens is 289 g/mol. The first kappa shape index (κ1) is 15.1. The Bertz CT molecular complexity index is 560. The Morgan fingerprint density at radius 3 is 2.62 bits per heavy atom. The molecule has 1 saturated heterocycles. The van der Waals surface area contributed by atoms with Crippen LogP contribution in [0.4, 0.5) is 18.9 Å². The number of carbonyl (C=O) groups is 2. The molecule has 0 bridgehead atoms. The van der Waals surface area contributed by atoms with Crippen LogP contribution in [-0.2, 0) is 9.59 Å². The van der Waals surface area contributed by atoms with Crippen LogP contribution in [0, 0.1) is 0 Å². The van der Waals surface area contributed by atoms with Crippen molar-refractivity contribution in [3.05, 3.63) is 24.3 Å². The number of piperazine rings is 1. The SMILES string of the molecule is CCC1NC(=O)CN(c2ccccc2OC(F)(F)F)C1=O. The zero-order chi connectivity index (χ0) is 15.6. The summed E-state index contributed by atoms with van der Waals surface area (Å²) in [5.41, 5.74) is -0.0758. The maximum Gasteiger partial charge on any atom is 0.573 e. The molecule has 1 aliphatic heterocycles. The molecule has 21 heavy (non-hydrogen) atoms. The number of para-hydroxylation sites is 2. The molecule has 0 aromatic heterocycles. The van der Waals surface area contributed by atoms with E-state index >= 15 is 0 Å². The number of alkyl halides is 3. The molecule has 1 aromatic carbocycles. The highest BCUT2D eigenvalue weighted by atomic mass is 19.4. The minimum absolute atomic E-state index is 0.0758. The van der Waals surface area contributed by atoms with Crippen LogP contribution in [0.5, 0.6) is 5.75 Å².